The van der Waals surface area contributed by atoms with Gasteiger partial charge in [-0.05, 0) is 26.7 Å². The number of nitrogens with zero attached hydrogens (tertiary/aromatic N) is 1. The molecule has 92 valence electrons. The quantitative estimate of drug-likeness (QED) is 0.767. The molecule has 0 saturated carbocycles. The lowest BCUT2D eigenvalue weighted by Gasteiger charge is -2.22. The topological polar surface area (TPSA) is 53.5 Å². The van der Waals surface area contributed by atoms with Crippen LogP contribution in [0.1, 0.15) is 27.7 Å². The van der Waals surface area contributed by atoms with Crippen LogP contribution in [0, 0.1) is 5.92 Å². The Labute approximate surface area is 102 Å². The van der Waals surface area contributed by atoms with Crippen molar-refractivity contribution < 1.29 is 4.79 Å². The lowest BCUT2D eigenvalue weighted by atomic mass is 10.1. The molecule has 16 heavy (non-hydrogen) atoms. The number of nitrogens with one attached hydrogen (secondary N) is 2. The molecule has 1 aliphatic rings. The Bertz CT molecular complexity index is 283. The maximum absolute atomic E-state index is 11.5. The van der Waals surface area contributed by atoms with Gasteiger partial charge in [0.1, 0.15) is 0 Å². The van der Waals surface area contributed by atoms with E-state index >= 15 is 0 Å². The maximum Gasteiger partial charge on any atom is 0.239 e. The molecule has 1 unspecified atom stereocenters. The molecule has 0 saturated heterocycles. The second-order valence-electron chi connectivity index (χ2n) is 5.21. The summed E-state index contributed by atoms with van der Waals surface area (Å²) in [4.78, 5) is 15.9. The van der Waals surface area contributed by atoms with Gasteiger partial charge in [0.25, 0.3) is 0 Å². The number of rotatable bonds is 2. The minimum atomic E-state index is -0.172. The Kier molecular flexibility index (Phi) is 4.65. The Hall–Kier alpha value is -0.710. The lowest BCUT2D eigenvalue weighted by Crippen LogP contribution is -2.45. The largest absolute Gasteiger partial charge is 0.356 e. The van der Waals surface area contributed by atoms with Crippen molar-refractivity contribution in [1.82, 2.24) is 10.6 Å². The first-order valence-corrected chi connectivity index (χ1v) is 6.57. The predicted molar refractivity (Wildman–Crippen MR) is 69.8 cm³/mol. The minimum absolute atomic E-state index is 0.00872. The average Bonchev–Trinajstić information content (AvgIpc) is 2.14. The zero-order valence-corrected chi connectivity index (χ0v) is 11.3. The fraction of sp³-hybridized carbons (Fsp3) is 0.818. The Morgan fingerprint density at radius 1 is 1.56 bits per heavy atom. The van der Waals surface area contributed by atoms with Crippen molar-refractivity contribution in [1.29, 1.82) is 0 Å². The summed E-state index contributed by atoms with van der Waals surface area (Å²) < 4.78 is 0. The van der Waals surface area contributed by atoms with Gasteiger partial charge in [0, 0.05) is 17.8 Å². The third-order valence-corrected chi connectivity index (χ3v) is 3.25. The van der Waals surface area contributed by atoms with Gasteiger partial charge >= 0.3 is 0 Å². The number of aliphatic imine (C=N–C) groups is 1. The van der Waals surface area contributed by atoms with Gasteiger partial charge in [0.2, 0.25) is 5.91 Å². The van der Waals surface area contributed by atoms with Crippen LogP contribution in [0.2, 0.25) is 0 Å². The standard InChI is InChI=1S/C11H21N3OS/c1-8-5-12-10(16-7-8)13-6-9(15)14-11(2,3)4/h8H,5-7H2,1-4H3,(H,12,13)(H,14,15). The van der Waals surface area contributed by atoms with E-state index in [4.69, 9.17) is 0 Å². The van der Waals surface area contributed by atoms with Crippen molar-refractivity contribution in [2.45, 2.75) is 33.2 Å². The highest BCUT2D eigenvalue weighted by Gasteiger charge is 2.15. The highest BCUT2D eigenvalue weighted by atomic mass is 32.2. The molecule has 1 amide bonds. The molecule has 0 fully saturated rings. The van der Waals surface area contributed by atoms with Crippen LogP contribution in [-0.4, -0.2) is 35.5 Å². The number of amides is 1. The second kappa shape index (κ2) is 5.57. The maximum atomic E-state index is 11.5. The van der Waals surface area contributed by atoms with Crippen LogP contribution >= 0.6 is 11.8 Å². The molecular formula is C11H21N3OS. The van der Waals surface area contributed by atoms with Crippen molar-refractivity contribution in [3.63, 3.8) is 0 Å². The van der Waals surface area contributed by atoms with Crippen LogP contribution < -0.4 is 10.6 Å². The first-order valence-electron chi connectivity index (χ1n) is 5.59. The molecule has 1 rings (SSSR count). The van der Waals surface area contributed by atoms with E-state index in [1.54, 1.807) is 11.8 Å². The molecule has 0 radical (unpaired) electrons. The van der Waals surface area contributed by atoms with E-state index in [1.807, 2.05) is 20.8 Å². The van der Waals surface area contributed by atoms with E-state index in [0.29, 0.717) is 12.5 Å². The van der Waals surface area contributed by atoms with Gasteiger partial charge in [0.05, 0.1) is 6.54 Å². The Balaban J connectivity index is 2.27. The third-order valence-electron chi connectivity index (χ3n) is 1.97. The van der Waals surface area contributed by atoms with Gasteiger partial charge in [-0.25, -0.2) is 0 Å². The molecule has 4 nitrogen and oxygen atoms in total. The number of carbonyl (C=O) groups is 1. The summed E-state index contributed by atoms with van der Waals surface area (Å²) in [5.41, 5.74) is -0.172. The second-order valence-corrected chi connectivity index (χ2v) is 6.22. The first kappa shape index (κ1) is 13.4. The summed E-state index contributed by atoms with van der Waals surface area (Å²) in [6.45, 7) is 9.26. The summed E-state index contributed by atoms with van der Waals surface area (Å²) in [5.74, 6) is 1.72. The van der Waals surface area contributed by atoms with Crippen molar-refractivity contribution >= 4 is 22.8 Å². The van der Waals surface area contributed by atoms with Crippen LogP contribution in [0.5, 0.6) is 0 Å². The van der Waals surface area contributed by atoms with Crippen LogP contribution in [0.3, 0.4) is 0 Å². The number of thioether (sulfide) groups is 1. The van der Waals surface area contributed by atoms with Crippen LogP contribution in [0.4, 0.5) is 0 Å². The van der Waals surface area contributed by atoms with Gasteiger partial charge in [0.15, 0.2) is 5.17 Å². The summed E-state index contributed by atoms with van der Waals surface area (Å²) >= 11 is 1.69. The van der Waals surface area contributed by atoms with E-state index in [0.717, 1.165) is 17.5 Å². The molecular weight excluding hydrogens is 222 g/mol. The molecule has 1 aliphatic heterocycles. The van der Waals surface area contributed by atoms with Gasteiger partial charge in [-0.3, -0.25) is 9.79 Å². The van der Waals surface area contributed by atoms with Crippen LogP contribution in [0.25, 0.3) is 0 Å². The molecule has 1 atom stereocenters. The summed E-state index contributed by atoms with van der Waals surface area (Å²) in [6, 6.07) is 0. The molecule has 0 aliphatic carbocycles. The smallest absolute Gasteiger partial charge is 0.239 e. The molecule has 0 bridgehead atoms. The first-order chi connectivity index (χ1) is 7.37. The molecule has 2 N–H and O–H groups in total. The van der Waals surface area contributed by atoms with Gasteiger partial charge in [-0.2, -0.15) is 0 Å². The number of amidine groups is 1. The van der Waals surface area contributed by atoms with E-state index in [-0.39, 0.29) is 11.4 Å². The summed E-state index contributed by atoms with van der Waals surface area (Å²) in [7, 11) is 0. The average molecular weight is 243 g/mol. The van der Waals surface area contributed by atoms with E-state index in [2.05, 4.69) is 22.5 Å². The highest BCUT2D eigenvalue weighted by Crippen LogP contribution is 2.15. The summed E-state index contributed by atoms with van der Waals surface area (Å²) in [6.07, 6.45) is 0. The number of hydrogen-bond donors (Lipinski definition) is 2. The van der Waals surface area contributed by atoms with Gasteiger partial charge in [-0.1, -0.05) is 18.7 Å². The molecule has 5 heteroatoms. The SMILES string of the molecule is CC1CN=C(NCC(=O)NC(C)(C)C)SC1. The van der Waals surface area contributed by atoms with Gasteiger partial charge < -0.3 is 10.6 Å². The molecule has 0 aromatic carbocycles. The number of hydrogen-bond acceptors (Lipinski definition) is 4. The van der Waals surface area contributed by atoms with Crippen molar-refractivity contribution in [3.05, 3.63) is 0 Å². The fourth-order valence-corrected chi connectivity index (χ4v) is 2.17. The van der Waals surface area contributed by atoms with Gasteiger partial charge in [-0.15, -0.1) is 0 Å². The van der Waals surface area contributed by atoms with Crippen molar-refractivity contribution in [2.75, 3.05) is 18.8 Å². The number of carbonyl (C=O) groups excluding carboxylic acids is 1. The van der Waals surface area contributed by atoms with E-state index in [9.17, 15) is 4.79 Å². The zero-order chi connectivity index (χ0) is 12.2. The fourth-order valence-electron chi connectivity index (χ4n) is 1.28. The molecule has 0 spiro atoms. The highest BCUT2D eigenvalue weighted by molar-refractivity contribution is 8.13. The monoisotopic (exact) mass is 243 g/mol. The molecule has 0 aromatic heterocycles. The Morgan fingerprint density at radius 2 is 2.25 bits per heavy atom. The van der Waals surface area contributed by atoms with E-state index < -0.39 is 0 Å². The molecule has 1 heterocycles. The lowest BCUT2D eigenvalue weighted by molar-refractivity contribution is -0.121. The van der Waals surface area contributed by atoms with Crippen LogP contribution in [-0.2, 0) is 4.79 Å². The predicted octanol–water partition coefficient (Wildman–Crippen LogP) is 1.23. The van der Waals surface area contributed by atoms with E-state index in [1.165, 1.54) is 0 Å². The van der Waals surface area contributed by atoms with Crippen LogP contribution in [0.15, 0.2) is 4.99 Å². The third kappa shape index (κ3) is 5.39. The summed E-state index contributed by atoms with van der Waals surface area (Å²) in [5, 5.41) is 6.86. The minimum Gasteiger partial charge on any atom is -0.356 e. The molecule has 0 aromatic rings. The Morgan fingerprint density at radius 3 is 2.75 bits per heavy atom. The van der Waals surface area contributed by atoms with Crippen molar-refractivity contribution in [3.8, 4) is 0 Å². The normalized spacial score (nSPS) is 21.2. The van der Waals surface area contributed by atoms with Crippen molar-refractivity contribution in [2.24, 2.45) is 10.9 Å². The zero-order valence-electron chi connectivity index (χ0n) is 10.5.